The van der Waals surface area contributed by atoms with Crippen molar-refractivity contribution in [3.05, 3.63) is 24.0 Å². The average molecular weight is 263 g/mol. The minimum atomic E-state index is -4.49. The minimum absolute atomic E-state index is 0.164. The Morgan fingerprint density at radius 2 is 2.24 bits per heavy atom. The van der Waals surface area contributed by atoms with Gasteiger partial charge in [0.15, 0.2) is 0 Å². The fourth-order valence-corrected chi connectivity index (χ4v) is 1.75. The summed E-state index contributed by atoms with van der Waals surface area (Å²) in [5.74, 6) is -1.11. The molecule has 5 nitrogen and oxygen atoms in total. The van der Waals surface area contributed by atoms with Crippen LogP contribution in [0.2, 0.25) is 0 Å². The maximum Gasteiger partial charge on any atom is 0.452 e. The van der Waals surface area contributed by atoms with E-state index in [1.165, 1.54) is 0 Å². The molecule has 0 aromatic carbocycles. The van der Waals surface area contributed by atoms with Crippen LogP contribution in [0.15, 0.2) is 12.5 Å². The number of nitrogens with zero attached hydrogens (tertiary/aromatic N) is 3. The summed E-state index contributed by atoms with van der Waals surface area (Å²) < 4.78 is 39.8. The molecular weight excluding hydrogens is 255 g/mol. The van der Waals surface area contributed by atoms with E-state index in [4.69, 9.17) is 0 Å². The predicted octanol–water partition coefficient (Wildman–Crippen LogP) is 1.93. The SMILES string of the molecule is FC(F)(F)c1nsc(NCCc2cnc[nH]2)n1. The van der Waals surface area contributed by atoms with Crippen LogP contribution in [0.4, 0.5) is 18.3 Å². The highest BCUT2D eigenvalue weighted by atomic mass is 32.1. The number of halogens is 3. The van der Waals surface area contributed by atoms with Crippen LogP contribution in [0.3, 0.4) is 0 Å². The molecule has 0 aliphatic carbocycles. The summed E-state index contributed by atoms with van der Waals surface area (Å²) in [5.41, 5.74) is 0.901. The zero-order chi connectivity index (χ0) is 12.3. The summed E-state index contributed by atoms with van der Waals surface area (Å²) in [5, 5.41) is 2.94. The molecule has 0 aliphatic rings. The summed E-state index contributed by atoms with van der Waals surface area (Å²) in [7, 11) is 0. The van der Waals surface area contributed by atoms with Crippen LogP contribution in [-0.2, 0) is 12.6 Å². The van der Waals surface area contributed by atoms with Crippen LogP contribution in [0.1, 0.15) is 11.5 Å². The van der Waals surface area contributed by atoms with Gasteiger partial charge in [-0.25, -0.2) is 4.98 Å². The summed E-state index contributed by atoms with van der Waals surface area (Å²) >= 11 is 0.696. The predicted molar refractivity (Wildman–Crippen MR) is 55.7 cm³/mol. The van der Waals surface area contributed by atoms with Gasteiger partial charge in [-0.1, -0.05) is 0 Å². The Balaban J connectivity index is 1.85. The lowest BCUT2D eigenvalue weighted by atomic mass is 10.3. The number of rotatable bonds is 4. The van der Waals surface area contributed by atoms with Crippen LogP contribution >= 0.6 is 11.5 Å². The maximum atomic E-state index is 12.2. The highest BCUT2D eigenvalue weighted by Crippen LogP contribution is 2.28. The zero-order valence-electron chi connectivity index (χ0n) is 8.45. The van der Waals surface area contributed by atoms with E-state index in [0.717, 1.165) is 5.69 Å². The molecular formula is C8H8F3N5S. The van der Waals surface area contributed by atoms with Gasteiger partial charge in [0.05, 0.1) is 6.33 Å². The first-order chi connectivity index (χ1) is 8.05. The Kier molecular flexibility index (Phi) is 3.27. The fraction of sp³-hybridized carbons (Fsp3) is 0.375. The van der Waals surface area contributed by atoms with E-state index in [1.54, 1.807) is 12.5 Å². The Morgan fingerprint density at radius 3 is 2.82 bits per heavy atom. The van der Waals surface area contributed by atoms with Gasteiger partial charge in [0.25, 0.3) is 0 Å². The third-order valence-corrected chi connectivity index (χ3v) is 2.58. The largest absolute Gasteiger partial charge is 0.452 e. The van der Waals surface area contributed by atoms with E-state index in [1.807, 2.05) is 0 Å². The lowest BCUT2D eigenvalue weighted by molar-refractivity contribution is -0.144. The number of nitrogens with one attached hydrogen (secondary N) is 2. The molecule has 92 valence electrons. The summed E-state index contributed by atoms with van der Waals surface area (Å²) in [6, 6.07) is 0. The summed E-state index contributed by atoms with van der Waals surface area (Å²) in [4.78, 5) is 10.1. The number of alkyl halides is 3. The highest BCUT2D eigenvalue weighted by molar-refractivity contribution is 7.09. The van der Waals surface area contributed by atoms with Gasteiger partial charge in [0.2, 0.25) is 11.0 Å². The normalized spacial score (nSPS) is 11.7. The van der Waals surface area contributed by atoms with E-state index in [-0.39, 0.29) is 5.13 Å². The molecule has 0 radical (unpaired) electrons. The van der Waals surface area contributed by atoms with Gasteiger partial charge < -0.3 is 10.3 Å². The topological polar surface area (TPSA) is 66.5 Å². The second-order valence-electron chi connectivity index (χ2n) is 3.17. The monoisotopic (exact) mass is 263 g/mol. The van der Waals surface area contributed by atoms with Crippen LogP contribution in [-0.4, -0.2) is 25.9 Å². The summed E-state index contributed by atoms with van der Waals surface area (Å²) in [6.45, 7) is 0.467. The first-order valence-electron chi connectivity index (χ1n) is 4.68. The van der Waals surface area contributed by atoms with Crippen LogP contribution < -0.4 is 5.32 Å². The standard InChI is InChI=1S/C8H8F3N5S/c9-8(10,11)6-15-7(17-16-6)13-2-1-5-3-12-4-14-5/h3-4H,1-2H2,(H,12,14)(H,13,15,16). The quantitative estimate of drug-likeness (QED) is 0.884. The van der Waals surface area contributed by atoms with Gasteiger partial charge >= 0.3 is 6.18 Å². The van der Waals surface area contributed by atoms with Crippen molar-refractivity contribution >= 4 is 16.7 Å². The Morgan fingerprint density at radius 1 is 1.41 bits per heavy atom. The molecule has 9 heteroatoms. The number of anilines is 1. The minimum Gasteiger partial charge on any atom is -0.360 e. The van der Waals surface area contributed by atoms with Gasteiger partial charge in [-0.3, -0.25) is 0 Å². The lowest BCUT2D eigenvalue weighted by Gasteiger charge is -2.00. The maximum absolute atomic E-state index is 12.2. The van der Waals surface area contributed by atoms with Crippen molar-refractivity contribution in [1.82, 2.24) is 19.3 Å². The molecule has 2 rings (SSSR count). The molecule has 0 fully saturated rings. The van der Waals surface area contributed by atoms with Crippen molar-refractivity contribution in [2.75, 3.05) is 11.9 Å². The smallest absolute Gasteiger partial charge is 0.360 e. The van der Waals surface area contributed by atoms with Gasteiger partial charge in [-0.05, 0) is 0 Å². The van der Waals surface area contributed by atoms with E-state index in [9.17, 15) is 13.2 Å². The molecule has 17 heavy (non-hydrogen) atoms. The van der Waals surface area contributed by atoms with Crippen molar-refractivity contribution in [1.29, 1.82) is 0 Å². The molecule has 2 aromatic heterocycles. The molecule has 2 N–H and O–H groups in total. The molecule has 0 saturated heterocycles. The zero-order valence-corrected chi connectivity index (χ0v) is 9.27. The van der Waals surface area contributed by atoms with Crippen molar-refractivity contribution in [2.45, 2.75) is 12.6 Å². The average Bonchev–Trinajstić information content (AvgIpc) is 2.86. The molecule has 0 saturated carbocycles. The number of aromatic amines is 1. The van der Waals surface area contributed by atoms with Crippen molar-refractivity contribution in [2.24, 2.45) is 0 Å². The summed E-state index contributed by atoms with van der Waals surface area (Å²) in [6.07, 6.45) is -0.661. The molecule has 0 spiro atoms. The highest BCUT2D eigenvalue weighted by Gasteiger charge is 2.36. The number of H-pyrrole nitrogens is 1. The van der Waals surface area contributed by atoms with Crippen molar-refractivity contribution < 1.29 is 13.2 Å². The van der Waals surface area contributed by atoms with Crippen LogP contribution in [0, 0.1) is 0 Å². The van der Waals surface area contributed by atoms with Crippen LogP contribution in [0.5, 0.6) is 0 Å². The molecule has 0 bridgehead atoms. The van der Waals surface area contributed by atoms with Crippen molar-refractivity contribution in [3.63, 3.8) is 0 Å². The fourth-order valence-electron chi connectivity index (χ4n) is 1.14. The first kappa shape index (κ1) is 11.8. The molecule has 0 aliphatic heterocycles. The molecule has 0 atom stereocenters. The van der Waals surface area contributed by atoms with E-state index in [2.05, 4.69) is 24.6 Å². The van der Waals surface area contributed by atoms with E-state index < -0.39 is 12.0 Å². The number of imidazole rings is 1. The molecule has 2 heterocycles. The molecule has 2 aromatic rings. The Bertz CT molecular complexity index is 464. The first-order valence-corrected chi connectivity index (χ1v) is 5.45. The van der Waals surface area contributed by atoms with E-state index in [0.29, 0.717) is 24.5 Å². The molecule has 0 unspecified atom stereocenters. The van der Waals surface area contributed by atoms with Gasteiger partial charge in [-0.2, -0.15) is 22.5 Å². The van der Waals surface area contributed by atoms with Gasteiger partial charge in [0, 0.05) is 36.4 Å². The van der Waals surface area contributed by atoms with Gasteiger partial charge in [0.1, 0.15) is 0 Å². The number of hydrogen-bond donors (Lipinski definition) is 2. The van der Waals surface area contributed by atoms with Crippen LogP contribution in [0.25, 0.3) is 0 Å². The number of hydrogen-bond acceptors (Lipinski definition) is 5. The Labute approximate surface area is 98.3 Å². The second kappa shape index (κ2) is 4.70. The third kappa shape index (κ3) is 3.16. The number of aromatic nitrogens is 4. The van der Waals surface area contributed by atoms with E-state index >= 15 is 0 Å². The third-order valence-electron chi connectivity index (χ3n) is 1.90. The second-order valence-corrected chi connectivity index (χ2v) is 3.93. The van der Waals surface area contributed by atoms with Crippen molar-refractivity contribution in [3.8, 4) is 0 Å². The lowest BCUT2D eigenvalue weighted by Crippen LogP contribution is -2.08. The molecule has 0 amide bonds. The Hall–Kier alpha value is -1.64. The van der Waals surface area contributed by atoms with Gasteiger partial charge in [-0.15, -0.1) is 0 Å².